The Kier molecular flexibility index (Phi) is 4.99. The van der Waals surface area contributed by atoms with Gasteiger partial charge in [-0.3, -0.25) is 14.2 Å². The van der Waals surface area contributed by atoms with Gasteiger partial charge in [-0.25, -0.2) is 0 Å². The monoisotopic (exact) mass is 352 g/mol. The molecule has 1 fully saturated rings. The van der Waals surface area contributed by atoms with Crippen LogP contribution in [0.15, 0.2) is 35.9 Å². The molecule has 5 nitrogen and oxygen atoms in total. The molecule has 2 aromatic rings. The van der Waals surface area contributed by atoms with E-state index in [1.807, 2.05) is 38.6 Å². The van der Waals surface area contributed by atoms with E-state index in [0.717, 1.165) is 41.5 Å². The van der Waals surface area contributed by atoms with Crippen LogP contribution in [0.25, 0.3) is 12.2 Å². The fourth-order valence-corrected chi connectivity index (χ4v) is 3.52. The van der Waals surface area contributed by atoms with Crippen molar-refractivity contribution in [2.24, 2.45) is 25.4 Å². The number of ketones is 1. The second-order valence-corrected chi connectivity index (χ2v) is 8.01. The van der Waals surface area contributed by atoms with E-state index in [-0.39, 0.29) is 11.2 Å². The predicted molar refractivity (Wildman–Crippen MR) is 104 cm³/mol. The highest BCUT2D eigenvalue weighted by Crippen LogP contribution is 2.43. The van der Waals surface area contributed by atoms with Crippen molar-refractivity contribution in [2.45, 2.75) is 40.0 Å². The zero-order chi connectivity index (χ0) is 18.9. The van der Waals surface area contributed by atoms with E-state index in [0.29, 0.717) is 5.92 Å². The van der Waals surface area contributed by atoms with Gasteiger partial charge in [0.05, 0.1) is 12.4 Å². The number of aryl methyl sites for hydroxylation is 2. The summed E-state index contributed by atoms with van der Waals surface area (Å²) < 4.78 is 3.53. The zero-order valence-corrected chi connectivity index (χ0v) is 16.4. The van der Waals surface area contributed by atoms with Gasteiger partial charge in [-0.05, 0) is 36.3 Å². The summed E-state index contributed by atoms with van der Waals surface area (Å²) in [6, 6.07) is 0. The second-order valence-electron chi connectivity index (χ2n) is 8.01. The van der Waals surface area contributed by atoms with Gasteiger partial charge in [0.15, 0.2) is 5.78 Å². The number of Topliss-reactive ketones (excluding diaryl/α,β-unsaturated/α-hetero) is 1. The molecule has 0 aromatic carbocycles. The van der Waals surface area contributed by atoms with E-state index in [4.69, 9.17) is 0 Å². The summed E-state index contributed by atoms with van der Waals surface area (Å²) in [5.41, 5.74) is 3.90. The van der Waals surface area contributed by atoms with E-state index >= 15 is 0 Å². The van der Waals surface area contributed by atoms with Crippen LogP contribution >= 0.6 is 0 Å². The van der Waals surface area contributed by atoms with Crippen molar-refractivity contribution in [2.75, 3.05) is 0 Å². The van der Waals surface area contributed by atoms with Gasteiger partial charge in [-0.1, -0.05) is 27.2 Å². The molecule has 0 unspecified atom stereocenters. The average Bonchev–Trinajstić information content (AvgIpc) is 3.19. The Morgan fingerprint density at radius 2 is 1.50 bits per heavy atom. The van der Waals surface area contributed by atoms with Crippen molar-refractivity contribution >= 4 is 17.9 Å². The molecule has 0 spiro atoms. The number of aromatic nitrogens is 4. The SMILES string of the molecule is CCC(C)(C)C1C/C(=C\c2cnn(C)c2)C(=O)/C(=C/c2cnn(C)c2)C1. The molecule has 5 heteroatoms. The molecular weight excluding hydrogens is 324 g/mol. The Bertz CT molecular complexity index is 804. The molecule has 1 aliphatic carbocycles. The third-order valence-electron chi connectivity index (χ3n) is 5.66. The maximum atomic E-state index is 13.1. The van der Waals surface area contributed by atoms with E-state index < -0.39 is 0 Å². The van der Waals surface area contributed by atoms with Crippen molar-refractivity contribution in [3.05, 3.63) is 47.1 Å². The van der Waals surface area contributed by atoms with Crippen LogP contribution in [0.2, 0.25) is 0 Å². The van der Waals surface area contributed by atoms with Crippen LogP contribution in [0.3, 0.4) is 0 Å². The van der Waals surface area contributed by atoms with Gasteiger partial charge in [0.25, 0.3) is 0 Å². The molecule has 1 saturated carbocycles. The lowest BCUT2D eigenvalue weighted by Crippen LogP contribution is -2.30. The maximum absolute atomic E-state index is 13.1. The third kappa shape index (κ3) is 3.87. The summed E-state index contributed by atoms with van der Waals surface area (Å²) in [7, 11) is 3.78. The Labute approximate surface area is 155 Å². The first-order valence-corrected chi connectivity index (χ1v) is 9.21. The largest absolute Gasteiger partial charge is 0.289 e. The summed E-state index contributed by atoms with van der Waals surface area (Å²) in [6.45, 7) is 6.83. The topological polar surface area (TPSA) is 52.7 Å². The summed E-state index contributed by atoms with van der Waals surface area (Å²) in [5, 5.41) is 8.43. The van der Waals surface area contributed by atoms with Crippen LogP contribution in [-0.4, -0.2) is 25.3 Å². The summed E-state index contributed by atoms with van der Waals surface area (Å²) >= 11 is 0. The molecule has 0 atom stereocenters. The predicted octanol–water partition coefficient (Wildman–Crippen LogP) is 4.04. The first kappa shape index (κ1) is 18.4. The smallest absolute Gasteiger partial charge is 0.185 e. The quantitative estimate of drug-likeness (QED) is 0.781. The van der Waals surface area contributed by atoms with Crippen LogP contribution in [0, 0.1) is 11.3 Å². The Morgan fingerprint density at radius 1 is 1.04 bits per heavy atom. The number of allylic oxidation sites excluding steroid dienone is 2. The van der Waals surface area contributed by atoms with Crippen molar-refractivity contribution in [3.8, 4) is 0 Å². The molecule has 138 valence electrons. The van der Waals surface area contributed by atoms with Crippen molar-refractivity contribution in [1.29, 1.82) is 0 Å². The highest BCUT2D eigenvalue weighted by Gasteiger charge is 2.36. The Morgan fingerprint density at radius 3 is 1.85 bits per heavy atom. The average molecular weight is 352 g/mol. The van der Waals surface area contributed by atoms with Gasteiger partial charge in [0, 0.05) is 48.8 Å². The van der Waals surface area contributed by atoms with E-state index in [1.54, 1.807) is 21.8 Å². The summed E-state index contributed by atoms with van der Waals surface area (Å²) in [4.78, 5) is 13.1. The van der Waals surface area contributed by atoms with Crippen LogP contribution in [0.4, 0.5) is 0 Å². The van der Waals surface area contributed by atoms with Crippen molar-refractivity contribution in [1.82, 2.24) is 19.6 Å². The third-order valence-corrected chi connectivity index (χ3v) is 5.66. The molecular formula is C21H28N4O. The molecule has 0 aliphatic heterocycles. The van der Waals surface area contributed by atoms with Crippen LogP contribution < -0.4 is 0 Å². The van der Waals surface area contributed by atoms with Crippen LogP contribution in [0.5, 0.6) is 0 Å². The number of carbonyl (C=O) groups excluding carboxylic acids is 1. The summed E-state index contributed by atoms with van der Waals surface area (Å²) in [5.74, 6) is 0.594. The highest BCUT2D eigenvalue weighted by molar-refractivity contribution is 6.14. The summed E-state index contributed by atoms with van der Waals surface area (Å²) in [6.07, 6.45) is 14.2. The van der Waals surface area contributed by atoms with Crippen LogP contribution in [-0.2, 0) is 18.9 Å². The second kappa shape index (κ2) is 7.06. The van der Waals surface area contributed by atoms with E-state index in [1.165, 1.54) is 0 Å². The number of hydrogen-bond acceptors (Lipinski definition) is 3. The number of rotatable bonds is 4. The van der Waals surface area contributed by atoms with Gasteiger partial charge in [-0.15, -0.1) is 0 Å². The molecule has 26 heavy (non-hydrogen) atoms. The standard InChI is InChI=1S/C21H28N4O/c1-6-21(2,3)19-9-17(7-15-11-22-24(4)13-15)20(26)18(10-19)8-16-12-23-25(5)14-16/h7-8,11-14,19H,6,9-10H2,1-5H3/b17-7+,18-8+. The molecule has 0 saturated heterocycles. The fraction of sp³-hybridized carbons (Fsp3) is 0.476. The fourth-order valence-electron chi connectivity index (χ4n) is 3.52. The molecule has 0 radical (unpaired) electrons. The lowest BCUT2D eigenvalue weighted by Gasteiger charge is -2.37. The van der Waals surface area contributed by atoms with Crippen molar-refractivity contribution in [3.63, 3.8) is 0 Å². The lowest BCUT2D eigenvalue weighted by atomic mass is 9.66. The highest BCUT2D eigenvalue weighted by atomic mass is 16.1. The molecule has 1 aliphatic rings. The number of carbonyl (C=O) groups is 1. The zero-order valence-electron chi connectivity index (χ0n) is 16.4. The van der Waals surface area contributed by atoms with Crippen LogP contribution in [0.1, 0.15) is 51.2 Å². The molecule has 2 heterocycles. The first-order chi connectivity index (χ1) is 12.3. The minimum atomic E-state index is 0.154. The van der Waals surface area contributed by atoms with Crippen molar-refractivity contribution < 1.29 is 4.79 Å². The first-order valence-electron chi connectivity index (χ1n) is 9.21. The Balaban J connectivity index is 1.99. The van der Waals surface area contributed by atoms with E-state index in [9.17, 15) is 4.79 Å². The molecule has 3 rings (SSSR count). The van der Waals surface area contributed by atoms with E-state index in [2.05, 4.69) is 31.0 Å². The Hall–Kier alpha value is -2.43. The minimum Gasteiger partial charge on any atom is -0.289 e. The lowest BCUT2D eigenvalue weighted by molar-refractivity contribution is -0.113. The van der Waals surface area contributed by atoms with Gasteiger partial charge >= 0.3 is 0 Å². The van der Waals surface area contributed by atoms with Gasteiger partial charge < -0.3 is 0 Å². The van der Waals surface area contributed by atoms with Gasteiger partial charge in [0.1, 0.15) is 0 Å². The van der Waals surface area contributed by atoms with Gasteiger partial charge in [-0.2, -0.15) is 10.2 Å². The molecule has 0 bridgehead atoms. The number of nitrogens with zero attached hydrogens (tertiary/aromatic N) is 4. The van der Waals surface area contributed by atoms with Gasteiger partial charge in [0.2, 0.25) is 0 Å². The minimum absolute atomic E-state index is 0.154. The maximum Gasteiger partial charge on any atom is 0.185 e. The molecule has 0 N–H and O–H groups in total. The number of hydrogen-bond donors (Lipinski definition) is 0. The normalized spacial score (nSPS) is 21.7. The molecule has 2 aromatic heterocycles. The molecule has 0 amide bonds.